The molecule has 3 unspecified atom stereocenters. The first kappa shape index (κ1) is 15.8. The summed E-state index contributed by atoms with van der Waals surface area (Å²) in [5.41, 5.74) is 1.01. The quantitative estimate of drug-likeness (QED) is 0.788. The molecule has 0 amide bonds. The Balaban J connectivity index is 2.07. The fourth-order valence-electron chi connectivity index (χ4n) is 2.92. The molecule has 0 bridgehead atoms. The van der Waals surface area contributed by atoms with Gasteiger partial charge in [-0.2, -0.15) is 13.2 Å². The van der Waals surface area contributed by atoms with E-state index in [0.717, 1.165) is 16.5 Å². The summed E-state index contributed by atoms with van der Waals surface area (Å²) in [4.78, 5) is 0. The van der Waals surface area contributed by atoms with Gasteiger partial charge in [0.1, 0.15) is 0 Å². The summed E-state index contributed by atoms with van der Waals surface area (Å²) in [5, 5.41) is 3.18. The lowest BCUT2D eigenvalue weighted by atomic mass is 9.83. The molecule has 3 atom stereocenters. The van der Waals surface area contributed by atoms with E-state index in [1.165, 1.54) is 0 Å². The first-order chi connectivity index (χ1) is 9.38. The molecule has 1 saturated carbocycles. The molecule has 112 valence electrons. The SMILES string of the molecule is CC(NC1CCCCC1C(F)(F)F)c1cccc(Br)c1. The van der Waals surface area contributed by atoms with E-state index in [2.05, 4.69) is 21.2 Å². The van der Waals surface area contributed by atoms with Crippen LogP contribution in [-0.2, 0) is 0 Å². The van der Waals surface area contributed by atoms with Crippen molar-refractivity contribution in [2.45, 2.75) is 50.9 Å². The fraction of sp³-hybridized carbons (Fsp3) is 0.600. The Labute approximate surface area is 126 Å². The van der Waals surface area contributed by atoms with Crippen molar-refractivity contribution in [3.8, 4) is 0 Å². The molecular weight excluding hydrogens is 331 g/mol. The number of benzene rings is 1. The van der Waals surface area contributed by atoms with Crippen LogP contribution >= 0.6 is 15.9 Å². The average molecular weight is 350 g/mol. The number of rotatable bonds is 3. The maximum atomic E-state index is 13.1. The molecule has 0 radical (unpaired) electrons. The third-order valence-corrected chi connectivity index (χ3v) is 4.49. The van der Waals surface area contributed by atoms with Crippen molar-refractivity contribution in [1.29, 1.82) is 0 Å². The van der Waals surface area contributed by atoms with Crippen LogP contribution in [0.5, 0.6) is 0 Å². The third kappa shape index (κ3) is 3.98. The Kier molecular flexibility index (Phi) is 5.13. The zero-order valence-corrected chi connectivity index (χ0v) is 13.0. The molecule has 1 aliphatic rings. The number of hydrogen-bond donors (Lipinski definition) is 1. The normalized spacial score (nSPS) is 25.4. The van der Waals surface area contributed by atoms with Gasteiger partial charge in [0.25, 0.3) is 0 Å². The van der Waals surface area contributed by atoms with Gasteiger partial charge in [0.15, 0.2) is 0 Å². The van der Waals surface area contributed by atoms with Gasteiger partial charge in [0.05, 0.1) is 5.92 Å². The van der Waals surface area contributed by atoms with E-state index in [1.54, 1.807) is 0 Å². The minimum Gasteiger partial charge on any atom is -0.307 e. The molecule has 1 fully saturated rings. The van der Waals surface area contributed by atoms with Gasteiger partial charge in [-0.3, -0.25) is 0 Å². The summed E-state index contributed by atoms with van der Waals surface area (Å²) < 4.78 is 40.1. The Bertz CT molecular complexity index is 447. The Hall–Kier alpha value is -0.550. The van der Waals surface area contributed by atoms with Gasteiger partial charge in [-0.05, 0) is 37.5 Å². The van der Waals surface area contributed by atoms with Crippen LogP contribution in [0.3, 0.4) is 0 Å². The molecule has 1 aliphatic carbocycles. The summed E-state index contributed by atoms with van der Waals surface area (Å²) in [7, 11) is 0. The topological polar surface area (TPSA) is 12.0 Å². The third-order valence-electron chi connectivity index (χ3n) is 4.00. The number of halogens is 4. The lowest BCUT2D eigenvalue weighted by Gasteiger charge is -2.35. The predicted octanol–water partition coefficient (Wildman–Crippen LogP) is 5.22. The van der Waals surface area contributed by atoms with Crippen LogP contribution in [-0.4, -0.2) is 12.2 Å². The molecule has 0 saturated heterocycles. The largest absolute Gasteiger partial charge is 0.393 e. The molecule has 1 N–H and O–H groups in total. The fourth-order valence-corrected chi connectivity index (χ4v) is 3.33. The van der Waals surface area contributed by atoms with Gasteiger partial charge in [-0.1, -0.05) is 40.9 Å². The molecule has 0 aliphatic heterocycles. The van der Waals surface area contributed by atoms with Crippen LogP contribution < -0.4 is 5.32 Å². The van der Waals surface area contributed by atoms with Crippen LogP contribution in [0.2, 0.25) is 0 Å². The Morgan fingerprint density at radius 3 is 2.60 bits per heavy atom. The number of hydrogen-bond acceptors (Lipinski definition) is 1. The summed E-state index contributed by atoms with van der Waals surface area (Å²) in [6.45, 7) is 1.92. The minimum atomic E-state index is -4.10. The lowest BCUT2D eigenvalue weighted by molar-refractivity contribution is -0.189. The van der Waals surface area contributed by atoms with Gasteiger partial charge < -0.3 is 5.32 Å². The average Bonchev–Trinajstić information content (AvgIpc) is 2.38. The molecule has 0 spiro atoms. The van der Waals surface area contributed by atoms with Crippen molar-refractivity contribution in [2.75, 3.05) is 0 Å². The van der Waals surface area contributed by atoms with E-state index in [9.17, 15) is 13.2 Å². The summed E-state index contributed by atoms with van der Waals surface area (Å²) in [6, 6.07) is 7.14. The maximum absolute atomic E-state index is 13.1. The molecule has 1 aromatic rings. The predicted molar refractivity (Wildman–Crippen MR) is 77.5 cm³/mol. The van der Waals surface area contributed by atoms with Gasteiger partial charge in [-0.15, -0.1) is 0 Å². The second kappa shape index (κ2) is 6.48. The molecule has 0 heterocycles. The number of nitrogens with one attached hydrogen (secondary N) is 1. The highest BCUT2D eigenvalue weighted by atomic mass is 79.9. The highest BCUT2D eigenvalue weighted by molar-refractivity contribution is 9.10. The standard InChI is InChI=1S/C15H19BrF3N/c1-10(11-5-4-6-12(16)9-11)20-14-8-3-2-7-13(14)15(17,18)19/h4-6,9-10,13-14,20H,2-3,7-8H2,1H3. The molecule has 1 aromatic carbocycles. The Morgan fingerprint density at radius 2 is 1.95 bits per heavy atom. The second-order valence-corrected chi connectivity index (χ2v) is 6.40. The van der Waals surface area contributed by atoms with E-state index in [1.807, 2.05) is 31.2 Å². The molecular formula is C15H19BrF3N. The molecule has 5 heteroatoms. The van der Waals surface area contributed by atoms with Crippen LogP contribution in [0.15, 0.2) is 28.7 Å². The van der Waals surface area contributed by atoms with Gasteiger partial charge in [0, 0.05) is 16.6 Å². The minimum absolute atomic E-state index is 0.0829. The zero-order chi connectivity index (χ0) is 14.8. The molecule has 20 heavy (non-hydrogen) atoms. The molecule has 2 rings (SSSR count). The van der Waals surface area contributed by atoms with Crippen LogP contribution in [0, 0.1) is 5.92 Å². The lowest BCUT2D eigenvalue weighted by Crippen LogP contribution is -2.46. The summed E-state index contributed by atoms with van der Waals surface area (Å²) in [5.74, 6) is -1.22. The zero-order valence-electron chi connectivity index (χ0n) is 11.4. The van der Waals surface area contributed by atoms with Crippen molar-refractivity contribution in [1.82, 2.24) is 5.32 Å². The van der Waals surface area contributed by atoms with Crippen LogP contribution in [0.1, 0.15) is 44.2 Å². The summed E-state index contributed by atoms with van der Waals surface area (Å²) >= 11 is 3.39. The first-order valence-corrected chi connectivity index (χ1v) is 7.75. The van der Waals surface area contributed by atoms with Gasteiger partial charge in [-0.25, -0.2) is 0 Å². The van der Waals surface area contributed by atoms with Crippen molar-refractivity contribution in [3.05, 3.63) is 34.3 Å². The van der Waals surface area contributed by atoms with E-state index in [0.29, 0.717) is 12.8 Å². The van der Waals surface area contributed by atoms with Crippen molar-refractivity contribution >= 4 is 15.9 Å². The van der Waals surface area contributed by atoms with Gasteiger partial charge >= 0.3 is 6.18 Å². The van der Waals surface area contributed by atoms with Crippen molar-refractivity contribution in [3.63, 3.8) is 0 Å². The monoisotopic (exact) mass is 349 g/mol. The molecule has 0 aromatic heterocycles. The second-order valence-electron chi connectivity index (χ2n) is 5.48. The van der Waals surface area contributed by atoms with Crippen molar-refractivity contribution in [2.24, 2.45) is 5.92 Å². The van der Waals surface area contributed by atoms with Crippen LogP contribution in [0.25, 0.3) is 0 Å². The number of alkyl halides is 3. The smallest absolute Gasteiger partial charge is 0.307 e. The van der Waals surface area contributed by atoms with Crippen molar-refractivity contribution < 1.29 is 13.2 Å². The van der Waals surface area contributed by atoms with Crippen LogP contribution in [0.4, 0.5) is 13.2 Å². The highest BCUT2D eigenvalue weighted by Gasteiger charge is 2.45. The Morgan fingerprint density at radius 1 is 1.25 bits per heavy atom. The van der Waals surface area contributed by atoms with E-state index in [-0.39, 0.29) is 12.5 Å². The maximum Gasteiger partial charge on any atom is 0.393 e. The van der Waals surface area contributed by atoms with Gasteiger partial charge in [0.2, 0.25) is 0 Å². The van der Waals surface area contributed by atoms with E-state index < -0.39 is 18.1 Å². The van der Waals surface area contributed by atoms with E-state index >= 15 is 0 Å². The highest BCUT2D eigenvalue weighted by Crippen LogP contribution is 2.38. The first-order valence-electron chi connectivity index (χ1n) is 6.96. The molecule has 1 nitrogen and oxygen atoms in total. The van der Waals surface area contributed by atoms with E-state index in [4.69, 9.17) is 0 Å². The summed E-state index contributed by atoms with van der Waals surface area (Å²) in [6.07, 6.45) is -1.72.